The summed E-state index contributed by atoms with van der Waals surface area (Å²) >= 11 is 0. The van der Waals surface area contributed by atoms with Gasteiger partial charge in [0.25, 0.3) is 5.91 Å². The fraction of sp³-hybridized carbons (Fsp3) is 0.600. The molecule has 2 atom stereocenters. The molecule has 0 saturated carbocycles. The van der Waals surface area contributed by atoms with Crippen LogP contribution in [0.15, 0.2) is 18.3 Å². The smallest absolute Gasteiger partial charge is 0.265 e. The number of aromatic nitrogens is 1. The number of carbonyl (C=O) groups is 1. The van der Waals surface area contributed by atoms with Crippen molar-refractivity contribution < 1.29 is 4.79 Å². The van der Waals surface area contributed by atoms with Crippen LogP contribution in [0, 0.1) is 0 Å². The number of hydrogen-bond donors (Lipinski definition) is 2. The highest BCUT2D eigenvalue weighted by Gasteiger charge is 2.26. The number of hydrazine groups is 1. The molecule has 20 heavy (non-hydrogen) atoms. The first-order valence-electron chi connectivity index (χ1n) is 7.41. The van der Waals surface area contributed by atoms with E-state index >= 15 is 0 Å². The van der Waals surface area contributed by atoms with E-state index in [-0.39, 0.29) is 5.91 Å². The Morgan fingerprint density at radius 1 is 1.40 bits per heavy atom. The van der Waals surface area contributed by atoms with Crippen LogP contribution >= 0.6 is 0 Å². The molecule has 0 aliphatic carbocycles. The number of amides is 1. The molecule has 1 amide bonds. The molecule has 0 spiro atoms. The van der Waals surface area contributed by atoms with E-state index in [1.165, 1.54) is 6.42 Å². The summed E-state index contributed by atoms with van der Waals surface area (Å²) in [5, 5.41) is 5.20. The van der Waals surface area contributed by atoms with E-state index in [0.717, 1.165) is 25.2 Å². The lowest BCUT2D eigenvalue weighted by Gasteiger charge is -2.38. The minimum atomic E-state index is -0.0628. The fourth-order valence-corrected chi connectivity index (χ4v) is 2.67. The van der Waals surface area contributed by atoms with Gasteiger partial charge in [0.05, 0.1) is 0 Å². The first-order valence-corrected chi connectivity index (χ1v) is 7.41. The van der Waals surface area contributed by atoms with Crippen LogP contribution in [0.25, 0.3) is 0 Å². The van der Waals surface area contributed by atoms with Crippen LogP contribution < -0.4 is 10.7 Å². The number of rotatable bonds is 4. The molecule has 1 saturated heterocycles. The number of carbonyl (C=O) groups excluding carboxylic acids is 1. The molecule has 2 rings (SSSR count). The summed E-state index contributed by atoms with van der Waals surface area (Å²) in [5.41, 5.74) is 3.68. The largest absolute Gasteiger partial charge is 0.370 e. The van der Waals surface area contributed by atoms with E-state index in [1.54, 1.807) is 18.3 Å². The zero-order valence-corrected chi connectivity index (χ0v) is 12.5. The molecule has 5 nitrogen and oxygen atoms in total. The third-order valence-corrected chi connectivity index (χ3v) is 3.80. The van der Waals surface area contributed by atoms with E-state index in [0.29, 0.717) is 17.6 Å². The van der Waals surface area contributed by atoms with Crippen molar-refractivity contribution in [1.82, 2.24) is 15.4 Å². The van der Waals surface area contributed by atoms with Gasteiger partial charge in [0.1, 0.15) is 5.82 Å². The van der Waals surface area contributed by atoms with Crippen LogP contribution in [-0.2, 0) is 0 Å². The molecule has 1 fully saturated rings. The van der Waals surface area contributed by atoms with Gasteiger partial charge in [0.15, 0.2) is 0 Å². The molecule has 110 valence electrons. The Hall–Kier alpha value is -1.62. The maximum Gasteiger partial charge on any atom is 0.265 e. The molecule has 5 heteroatoms. The number of hydrogen-bond acceptors (Lipinski definition) is 4. The third-order valence-electron chi connectivity index (χ3n) is 3.80. The number of piperidine rings is 1. The summed E-state index contributed by atoms with van der Waals surface area (Å²) in [6.45, 7) is 7.11. The minimum absolute atomic E-state index is 0.0628. The zero-order chi connectivity index (χ0) is 14.5. The maximum absolute atomic E-state index is 12.4. The second kappa shape index (κ2) is 6.70. The quantitative estimate of drug-likeness (QED) is 0.886. The summed E-state index contributed by atoms with van der Waals surface area (Å²) in [7, 11) is 0. The molecule has 1 aromatic heterocycles. The van der Waals surface area contributed by atoms with Crippen molar-refractivity contribution in [2.75, 3.05) is 11.9 Å². The molecule has 0 aromatic carbocycles. The van der Waals surface area contributed by atoms with Crippen molar-refractivity contribution in [3.63, 3.8) is 0 Å². The third kappa shape index (κ3) is 3.48. The van der Waals surface area contributed by atoms with Gasteiger partial charge in [-0.1, -0.05) is 6.42 Å². The van der Waals surface area contributed by atoms with Crippen LogP contribution in [0.2, 0.25) is 0 Å². The summed E-state index contributed by atoms with van der Waals surface area (Å²) < 4.78 is 0. The highest BCUT2D eigenvalue weighted by atomic mass is 16.2. The molecule has 1 aliphatic rings. The average molecular weight is 276 g/mol. The lowest BCUT2D eigenvalue weighted by Crippen LogP contribution is -2.54. The Labute approximate surface area is 120 Å². The van der Waals surface area contributed by atoms with Gasteiger partial charge in [-0.05, 0) is 45.7 Å². The van der Waals surface area contributed by atoms with Gasteiger partial charge in [-0.15, -0.1) is 0 Å². The van der Waals surface area contributed by atoms with Crippen molar-refractivity contribution in [2.45, 2.75) is 52.1 Å². The highest BCUT2D eigenvalue weighted by Crippen LogP contribution is 2.20. The molecule has 1 aliphatic heterocycles. The number of nitrogens with one attached hydrogen (secondary N) is 2. The lowest BCUT2D eigenvalue weighted by atomic mass is 10.00. The monoisotopic (exact) mass is 276 g/mol. The van der Waals surface area contributed by atoms with Crippen LogP contribution in [0.4, 0.5) is 5.82 Å². The van der Waals surface area contributed by atoms with Crippen LogP contribution in [0.1, 0.15) is 50.4 Å². The highest BCUT2D eigenvalue weighted by molar-refractivity contribution is 5.94. The van der Waals surface area contributed by atoms with Crippen LogP contribution in [0.5, 0.6) is 0 Å². The predicted octanol–water partition coefficient (Wildman–Crippen LogP) is 2.42. The Kier molecular flexibility index (Phi) is 4.95. The zero-order valence-electron chi connectivity index (χ0n) is 12.5. The van der Waals surface area contributed by atoms with Crippen molar-refractivity contribution in [3.8, 4) is 0 Å². The SMILES string of the molecule is CCNc1cc(C(=O)NN2C(C)CCCC2C)ccn1. The van der Waals surface area contributed by atoms with Gasteiger partial charge in [-0.3, -0.25) is 10.2 Å². The van der Waals surface area contributed by atoms with E-state index in [1.807, 2.05) is 6.92 Å². The topological polar surface area (TPSA) is 57.3 Å². The number of pyridine rings is 1. The predicted molar refractivity (Wildman–Crippen MR) is 80.5 cm³/mol. The van der Waals surface area contributed by atoms with Gasteiger partial charge in [-0.25, -0.2) is 9.99 Å². The summed E-state index contributed by atoms with van der Waals surface area (Å²) in [6.07, 6.45) is 5.15. The van der Waals surface area contributed by atoms with Gasteiger partial charge < -0.3 is 5.32 Å². The van der Waals surface area contributed by atoms with Crippen LogP contribution in [0.3, 0.4) is 0 Å². The first kappa shape index (κ1) is 14.8. The molecule has 1 aromatic rings. The fourth-order valence-electron chi connectivity index (χ4n) is 2.67. The van der Waals surface area contributed by atoms with Crippen LogP contribution in [-0.4, -0.2) is 34.5 Å². The Morgan fingerprint density at radius 3 is 2.75 bits per heavy atom. The standard InChI is InChI=1S/C15H24N4O/c1-4-16-14-10-13(8-9-17-14)15(20)18-19-11(2)6-5-7-12(19)3/h8-12H,4-7H2,1-3H3,(H,16,17)(H,18,20). The molecule has 0 bridgehead atoms. The Bertz CT molecular complexity index is 453. The Morgan fingerprint density at radius 2 is 2.10 bits per heavy atom. The maximum atomic E-state index is 12.4. The number of anilines is 1. The van der Waals surface area contributed by atoms with Crippen molar-refractivity contribution in [2.24, 2.45) is 0 Å². The molecular formula is C15H24N4O. The second-order valence-corrected chi connectivity index (χ2v) is 5.44. The van der Waals surface area contributed by atoms with Crippen molar-refractivity contribution in [3.05, 3.63) is 23.9 Å². The van der Waals surface area contributed by atoms with E-state index in [4.69, 9.17) is 0 Å². The summed E-state index contributed by atoms with van der Waals surface area (Å²) in [5.74, 6) is 0.673. The van der Waals surface area contributed by atoms with E-state index in [2.05, 4.69) is 34.6 Å². The molecule has 2 unspecified atom stereocenters. The van der Waals surface area contributed by atoms with Crippen molar-refractivity contribution >= 4 is 11.7 Å². The summed E-state index contributed by atoms with van der Waals surface area (Å²) in [4.78, 5) is 16.5. The van der Waals surface area contributed by atoms with Gasteiger partial charge >= 0.3 is 0 Å². The minimum Gasteiger partial charge on any atom is -0.370 e. The molecule has 2 N–H and O–H groups in total. The number of nitrogens with zero attached hydrogens (tertiary/aromatic N) is 2. The lowest BCUT2D eigenvalue weighted by molar-refractivity contribution is 0.0370. The van der Waals surface area contributed by atoms with Crippen molar-refractivity contribution in [1.29, 1.82) is 0 Å². The molecule has 2 heterocycles. The van der Waals surface area contributed by atoms with E-state index < -0.39 is 0 Å². The second-order valence-electron chi connectivity index (χ2n) is 5.44. The average Bonchev–Trinajstić information content (AvgIpc) is 2.43. The normalized spacial score (nSPS) is 23.4. The van der Waals surface area contributed by atoms with Gasteiger partial charge in [-0.2, -0.15) is 0 Å². The van der Waals surface area contributed by atoms with Gasteiger partial charge in [0, 0.05) is 30.4 Å². The Balaban J connectivity index is 2.05. The molecule has 0 radical (unpaired) electrons. The van der Waals surface area contributed by atoms with E-state index in [9.17, 15) is 4.79 Å². The van der Waals surface area contributed by atoms with Gasteiger partial charge in [0.2, 0.25) is 0 Å². The summed E-state index contributed by atoms with van der Waals surface area (Å²) in [6, 6.07) is 4.31. The first-order chi connectivity index (χ1) is 9.61. The molecular weight excluding hydrogens is 252 g/mol.